The van der Waals surface area contributed by atoms with Gasteiger partial charge in [0.25, 0.3) is 5.91 Å². The molecule has 0 unspecified atom stereocenters. The van der Waals surface area contributed by atoms with E-state index >= 15 is 0 Å². The number of hydrogen-bond acceptors (Lipinski definition) is 2. The zero-order valence-electron chi connectivity index (χ0n) is 14.4. The van der Waals surface area contributed by atoms with Crippen molar-refractivity contribution < 1.29 is 9.90 Å². The average Bonchev–Trinajstić information content (AvgIpc) is 2.54. The van der Waals surface area contributed by atoms with Crippen LogP contribution in [0.5, 0.6) is 0 Å². The standard InChI is InChI=1S/C21H25NO2/c1-15-10-16(2)12-18(11-15)21(24)22-9-8-20(23)14-19(22)13-17-6-4-3-5-7-17/h3-7,10-12,19-20,23H,8-9,13-14H2,1-2H3/t19-,20+/m1/s1. The molecular formula is C21H25NO2. The largest absolute Gasteiger partial charge is 0.393 e. The zero-order valence-corrected chi connectivity index (χ0v) is 14.4. The quantitative estimate of drug-likeness (QED) is 0.939. The van der Waals surface area contributed by atoms with E-state index in [0.717, 1.165) is 23.1 Å². The average molecular weight is 323 g/mol. The molecule has 0 bridgehead atoms. The lowest BCUT2D eigenvalue weighted by atomic mass is 9.92. The first kappa shape index (κ1) is 16.7. The van der Waals surface area contributed by atoms with Crippen LogP contribution >= 0.6 is 0 Å². The Morgan fingerprint density at radius 1 is 1.12 bits per heavy atom. The topological polar surface area (TPSA) is 40.5 Å². The van der Waals surface area contributed by atoms with E-state index in [4.69, 9.17) is 0 Å². The number of aliphatic hydroxyl groups excluding tert-OH is 1. The van der Waals surface area contributed by atoms with Crippen molar-refractivity contribution in [1.82, 2.24) is 4.90 Å². The van der Waals surface area contributed by atoms with E-state index in [2.05, 4.69) is 18.2 Å². The number of benzene rings is 2. The van der Waals surface area contributed by atoms with Gasteiger partial charge in [-0.2, -0.15) is 0 Å². The van der Waals surface area contributed by atoms with Crippen molar-refractivity contribution in [3.05, 3.63) is 70.8 Å². The molecule has 1 aliphatic heterocycles. The highest BCUT2D eigenvalue weighted by Crippen LogP contribution is 2.24. The van der Waals surface area contributed by atoms with Gasteiger partial charge < -0.3 is 10.0 Å². The Kier molecular flexibility index (Phi) is 5.00. The third-order valence-electron chi connectivity index (χ3n) is 4.73. The molecule has 0 aromatic heterocycles. The van der Waals surface area contributed by atoms with Gasteiger partial charge in [0.1, 0.15) is 0 Å². The maximum atomic E-state index is 13.1. The Hall–Kier alpha value is -2.13. The summed E-state index contributed by atoms with van der Waals surface area (Å²) < 4.78 is 0. The molecule has 1 amide bonds. The molecule has 2 atom stereocenters. The Labute approximate surface area is 143 Å². The van der Waals surface area contributed by atoms with E-state index < -0.39 is 0 Å². The van der Waals surface area contributed by atoms with E-state index in [-0.39, 0.29) is 18.1 Å². The lowest BCUT2D eigenvalue weighted by molar-refractivity contribution is 0.0324. The van der Waals surface area contributed by atoms with Crippen LogP contribution in [0.15, 0.2) is 48.5 Å². The van der Waals surface area contributed by atoms with Crippen molar-refractivity contribution in [1.29, 1.82) is 0 Å². The van der Waals surface area contributed by atoms with Crippen LogP contribution in [0.25, 0.3) is 0 Å². The highest BCUT2D eigenvalue weighted by atomic mass is 16.3. The number of aliphatic hydroxyl groups is 1. The van der Waals surface area contributed by atoms with Crippen molar-refractivity contribution >= 4 is 5.91 Å². The summed E-state index contributed by atoms with van der Waals surface area (Å²) in [6.45, 7) is 4.65. The summed E-state index contributed by atoms with van der Waals surface area (Å²) in [4.78, 5) is 15.0. The van der Waals surface area contributed by atoms with E-state index in [0.29, 0.717) is 19.4 Å². The van der Waals surface area contributed by atoms with Crippen molar-refractivity contribution in [2.75, 3.05) is 6.54 Å². The number of carbonyl (C=O) groups is 1. The molecule has 126 valence electrons. The van der Waals surface area contributed by atoms with Gasteiger partial charge in [-0.15, -0.1) is 0 Å². The van der Waals surface area contributed by atoms with E-state index in [9.17, 15) is 9.90 Å². The Bertz CT molecular complexity index is 691. The second-order valence-electron chi connectivity index (χ2n) is 6.90. The molecule has 1 heterocycles. The molecule has 3 heteroatoms. The Morgan fingerprint density at radius 2 is 1.79 bits per heavy atom. The minimum absolute atomic E-state index is 0.0458. The molecule has 2 aromatic carbocycles. The van der Waals surface area contributed by atoms with Crippen LogP contribution in [0.2, 0.25) is 0 Å². The smallest absolute Gasteiger partial charge is 0.254 e. The molecule has 3 nitrogen and oxygen atoms in total. The van der Waals surface area contributed by atoms with Crippen LogP contribution in [-0.2, 0) is 6.42 Å². The summed E-state index contributed by atoms with van der Waals surface area (Å²) in [7, 11) is 0. The lowest BCUT2D eigenvalue weighted by Gasteiger charge is -2.38. The first-order chi connectivity index (χ1) is 11.5. The summed E-state index contributed by atoms with van der Waals surface area (Å²) in [6.07, 6.45) is 1.77. The highest BCUT2D eigenvalue weighted by Gasteiger charge is 2.31. The molecule has 0 saturated carbocycles. The number of amides is 1. The van der Waals surface area contributed by atoms with Gasteiger partial charge in [0.15, 0.2) is 0 Å². The van der Waals surface area contributed by atoms with Crippen molar-refractivity contribution in [3.8, 4) is 0 Å². The fourth-order valence-electron chi connectivity index (χ4n) is 3.64. The molecule has 0 radical (unpaired) electrons. The molecule has 2 aromatic rings. The van der Waals surface area contributed by atoms with Crippen LogP contribution < -0.4 is 0 Å². The van der Waals surface area contributed by atoms with Crippen LogP contribution in [0.4, 0.5) is 0 Å². The Morgan fingerprint density at radius 3 is 2.46 bits per heavy atom. The number of piperidine rings is 1. The third kappa shape index (κ3) is 3.85. The van der Waals surface area contributed by atoms with Crippen molar-refractivity contribution in [2.24, 2.45) is 0 Å². The number of rotatable bonds is 3. The molecule has 0 spiro atoms. The summed E-state index contributed by atoms with van der Waals surface area (Å²) in [5.74, 6) is 0.0784. The minimum Gasteiger partial charge on any atom is -0.393 e. The van der Waals surface area contributed by atoms with Crippen LogP contribution in [0, 0.1) is 13.8 Å². The van der Waals surface area contributed by atoms with Gasteiger partial charge in [0, 0.05) is 18.2 Å². The molecule has 1 N–H and O–H groups in total. The van der Waals surface area contributed by atoms with E-state index in [1.165, 1.54) is 5.56 Å². The number of hydrogen-bond donors (Lipinski definition) is 1. The maximum Gasteiger partial charge on any atom is 0.254 e. The molecular weight excluding hydrogens is 298 g/mol. The second kappa shape index (κ2) is 7.18. The zero-order chi connectivity index (χ0) is 17.1. The SMILES string of the molecule is Cc1cc(C)cc(C(=O)N2CC[C@H](O)C[C@H]2Cc2ccccc2)c1. The summed E-state index contributed by atoms with van der Waals surface area (Å²) >= 11 is 0. The molecule has 0 aliphatic carbocycles. The first-order valence-electron chi connectivity index (χ1n) is 8.64. The van der Waals surface area contributed by atoms with Gasteiger partial charge in [-0.3, -0.25) is 4.79 Å². The highest BCUT2D eigenvalue weighted by molar-refractivity contribution is 5.95. The van der Waals surface area contributed by atoms with Crippen LogP contribution in [0.1, 0.15) is 39.9 Å². The van der Waals surface area contributed by atoms with Gasteiger partial charge in [-0.05, 0) is 50.8 Å². The molecule has 1 fully saturated rings. The predicted octanol–water partition coefficient (Wildman–Crippen LogP) is 3.51. The van der Waals surface area contributed by atoms with Crippen molar-refractivity contribution in [2.45, 2.75) is 45.3 Å². The van der Waals surface area contributed by atoms with Crippen LogP contribution in [0.3, 0.4) is 0 Å². The van der Waals surface area contributed by atoms with Gasteiger partial charge in [-0.1, -0.05) is 47.5 Å². The number of aryl methyl sites for hydroxylation is 2. The van der Waals surface area contributed by atoms with Crippen LogP contribution in [-0.4, -0.2) is 34.6 Å². The minimum atomic E-state index is -0.318. The maximum absolute atomic E-state index is 13.1. The lowest BCUT2D eigenvalue weighted by Crippen LogP contribution is -2.48. The molecule has 3 rings (SSSR count). The summed E-state index contributed by atoms with van der Waals surface area (Å²) in [5.41, 5.74) is 4.17. The van der Waals surface area contributed by atoms with E-state index in [1.54, 1.807) is 0 Å². The van der Waals surface area contributed by atoms with Crippen molar-refractivity contribution in [3.63, 3.8) is 0 Å². The third-order valence-corrected chi connectivity index (χ3v) is 4.73. The Balaban J connectivity index is 1.84. The number of nitrogens with zero attached hydrogens (tertiary/aromatic N) is 1. The van der Waals surface area contributed by atoms with Gasteiger partial charge in [0.2, 0.25) is 0 Å². The van der Waals surface area contributed by atoms with Gasteiger partial charge in [-0.25, -0.2) is 0 Å². The predicted molar refractivity (Wildman–Crippen MR) is 96.1 cm³/mol. The summed E-state index contributed by atoms with van der Waals surface area (Å²) in [6, 6.07) is 16.2. The van der Waals surface area contributed by atoms with E-state index in [1.807, 2.05) is 49.1 Å². The number of likely N-dealkylation sites (tertiary alicyclic amines) is 1. The summed E-state index contributed by atoms with van der Waals surface area (Å²) in [5, 5.41) is 10.1. The van der Waals surface area contributed by atoms with Gasteiger partial charge in [0.05, 0.1) is 6.10 Å². The fourth-order valence-corrected chi connectivity index (χ4v) is 3.64. The molecule has 1 saturated heterocycles. The molecule has 24 heavy (non-hydrogen) atoms. The molecule has 1 aliphatic rings. The fraction of sp³-hybridized carbons (Fsp3) is 0.381. The van der Waals surface area contributed by atoms with Gasteiger partial charge >= 0.3 is 0 Å². The first-order valence-corrected chi connectivity index (χ1v) is 8.64. The monoisotopic (exact) mass is 323 g/mol. The number of carbonyl (C=O) groups excluding carboxylic acids is 1. The normalized spacial score (nSPS) is 20.9. The second-order valence-corrected chi connectivity index (χ2v) is 6.90.